The number of halogens is 4. The number of nitrogens with zero attached hydrogens (tertiary/aromatic N) is 2. The molecule has 4 aromatic carbocycles. The molecule has 1 unspecified atom stereocenters. The number of rotatable bonds is 12. The molecule has 0 bridgehead atoms. The Morgan fingerprint density at radius 1 is 0.826 bits per heavy atom. The van der Waals surface area contributed by atoms with Crippen molar-refractivity contribution in [1.82, 2.24) is 10.2 Å². The summed E-state index contributed by atoms with van der Waals surface area (Å²) in [6, 6.07) is 25.7. The van der Waals surface area contributed by atoms with Gasteiger partial charge in [0.25, 0.3) is 10.0 Å². The molecule has 0 fully saturated rings. The van der Waals surface area contributed by atoms with Gasteiger partial charge in [0, 0.05) is 23.5 Å². The first kappa shape index (κ1) is 34.7. The maximum Gasteiger partial charge on any atom is 0.416 e. The molecule has 0 aliphatic carbocycles. The fourth-order valence-corrected chi connectivity index (χ4v) is 6.50. The van der Waals surface area contributed by atoms with Gasteiger partial charge in [0.2, 0.25) is 11.8 Å². The zero-order chi connectivity index (χ0) is 33.5. The molecular formula is C34H33BrF3N3O4S. The van der Waals surface area contributed by atoms with Crippen LogP contribution in [0.5, 0.6) is 0 Å². The van der Waals surface area contributed by atoms with Crippen molar-refractivity contribution in [2.75, 3.05) is 10.8 Å². The van der Waals surface area contributed by atoms with Crippen LogP contribution in [0.4, 0.5) is 18.9 Å². The van der Waals surface area contributed by atoms with Crippen LogP contribution in [0, 0.1) is 0 Å². The number of carbonyl (C=O) groups is 2. The Bertz CT molecular complexity index is 1740. The lowest BCUT2D eigenvalue weighted by Gasteiger charge is -2.34. The first-order valence-corrected chi connectivity index (χ1v) is 16.6. The first-order valence-electron chi connectivity index (χ1n) is 14.4. The zero-order valence-electron chi connectivity index (χ0n) is 25.1. The molecule has 0 aliphatic heterocycles. The number of amides is 2. The lowest BCUT2D eigenvalue weighted by atomic mass is 10.0. The van der Waals surface area contributed by atoms with Crippen molar-refractivity contribution in [2.45, 2.75) is 50.0 Å². The largest absolute Gasteiger partial charge is 0.416 e. The minimum absolute atomic E-state index is 0.0725. The number of benzene rings is 4. The summed E-state index contributed by atoms with van der Waals surface area (Å²) in [5.74, 6) is -1.24. The van der Waals surface area contributed by atoms with Crippen molar-refractivity contribution in [3.05, 3.63) is 130 Å². The molecule has 12 heteroatoms. The third-order valence-electron chi connectivity index (χ3n) is 7.04. The van der Waals surface area contributed by atoms with E-state index in [1.165, 1.54) is 35.2 Å². The minimum atomic E-state index is -4.76. The highest BCUT2D eigenvalue weighted by Gasteiger charge is 2.36. The number of hydrogen-bond donors (Lipinski definition) is 1. The van der Waals surface area contributed by atoms with Crippen molar-refractivity contribution in [3.63, 3.8) is 0 Å². The van der Waals surface area contributed by atoms with Crippen LogP contribution in [-0.4, -0.2) is 43.8 Å². The second-order valence-corrected chi connectivity index (χ2v) is 13.7. The number of carbonyl (C=O) groups excluding carboxylic acids is 2. The van der Waals surface area contributed by atoms with E-state index in [0.29, 0.717) is 15.9 Å². The van der Waals surface area contributed by atoms with Crippen LogP contribution >= 0.6 is 15.9 Å². The Hall–Kier alpha value is -4.16. The van der Waals surface area contributed by atoms with Crippen LogP contribution in [-0.2, 0) is 38.8 Å². The SMILES string of the molecule is CC(C)NC(=O)C(Cc1ccccc1)N(Cc1ccc(Br)cc1)C(=O)CN(c1cccc(C(F)(F)F)c1)S(=O)(=O)c1ccccc1. The van der Waals surface area contributed by atoms with Crippen LogP contribution in [0.1, 0.15) is 30.5 Å². The van der Waals surface area contributed by atoms with Gasteiger partial charge in [-0.05, 0) is 67.4 Å². The maximum absolute atomic E-state index is 14.4. The Balaban J connectivity index is 1.83. The predicted molar refractivity (Wildman–Crippen MR) is 174 cm³/mol. The van der Waals surface area contributed by atoms with Gasteiger partial charge in [-0.15, -0.1) is 0 Å². The highest BCUT2D eigenvalue weighted by Crippen LogP contribution is 2.33. The summed E-state index contributed by atoms with van der Waals surface area (Å²) in [4.78, 5) is 29.2. The van der Waals surface area contributed by atoms with Crippen LogP contribution in [0.15, 0.2) is 119 Å². The summed E-state index contributed by atoms with van der Waals surface area (Å²) in [6.07, 6.45) is -4.65. The molecule has 0 heterocycles. The second-order valence-electron chi connectivity index (χ2n) is 10.9. The minimum Gasteiger partial charge on any atom is -0.352 e. The molecule has 46 heavy (non-hydrogen) atoms. The average Bonchev–Trinajstić information content (AvgIpc) is 3.02. The molecule has 0 aromatic heterocycles. The van der Waals surface area contributed by atoms with E-state index in [1.807, 2.05) is 18.2 Å². The highest BCUT2D eigenvalue weighted by molar-refractivity contribution is 9.10. The van der Waals surface area contributed by atoms with E-state index >= 15 is 0 Å². The lowest BCUT2D eigenvalue weighted by molar-refractivity contribution is -0.140. The summed E-state index contributed by atoms with van der Waals surface area (Å²) >= 11 is 3.39. The Kier molecular flexibility index (Phi) is 11.3. The number of alkyl halides is 3. The van der Waals surface area contributed by atoms with Gasteiger partial charge < -0.3 is 10.2 Å². The van der Waals surface area contributed by atoms with Gasteiger partial charge in [-0.3, -0.25) is 13.9 Å². The molecule has 1 N–H and O–H groups in total. The maximum atomic E-state index is 14.4. The zero-order valence-corrected chi connectivity index (χ0v) is 27.5. The summed E-state index contributed by atoms with van der Waals surface area (Å²) in [6.45, 7) is 2.62. The summed E-state index contributed by atoms with van der Waals surface area (Å²) < 4.78 is 70.6. The number of nitrogens with one attached hydrogen (secondary N) is 1. The Labute approximate surface area is 275 Å². The van der Waals surface area contributed by atoms with E-state index < -0.39 is 46.2 Å². The van der Waals surface area contributed by atoms with Crippen LogP contribution in [0.25, 0.3) is 0 Å². The molecule has 0 saturated heterocycles. The third kappa shape index (κ3) is 8.97. The van der Waals surface area contributed by atoms with Gasteiger partial charge in [0.1, 0.15) is 12.6 Å². The van der Waals surface area contributed by atoms with Gasteiger partial charge in [0.05, 0.1) is 16.1 Å². The van der Waals surface area contributed by atoms with Crippen LogP contribution in [0.3, 0.4) is 0 Å². The first-order chi connectivity index (χ1) is 21.8. The fourth-order valence-electron chi connectivity index (χ4n) is 4.81. The molecule has 4 aromatic rings. The van der Waals surface area contributed by atoms with E-state index in [-0.39, 0.29) is 29.6 Å². The van der Waals surface area contributed by atoms with Crippen molar-refractivity contribution in [3.8, 4) is 0 Å². The lowest BCUT2D eigenvalue weighted by Crippen LogP contribution is -2.54. The number of hydrogen-bond acceptors (Lipinski definition) is 4. The van der Waals surface area contributed by atoms with Gasteiger partial charge in [-0.2, -0.15) is 13.2 Å². The average molecular weight is 717 g/mol. The highest BCUT2D eigenvalue weighted by atomic mass is 79.9. The normalized spacial score (nSPS) is 12.4. The van der Waals surface area contributed by atoms with Gasteiger partial charge in [0.15, 0.2) is 0 Å². The van der Waals surface area contributed by atoms with Crippen molar-refractivity contribution in [2.24, 2.45) is 0 Å². The van der Waals surface area contributed by atoms with Crippen molar-refractivity contribution in [1.29, 1.82) is 0 Å². The number of sulfonamides is 1. The molecule has 0 radical (unpaired) electrons. The third-order valence-corrected chi connectivity index (χ3v) is 9.36. The Morgan fingerprint density at radius 3 is 2.02 bits per heavy atom. The second kappa shape index (κ2) is 15.0. The smallest absolute Gasteiger partial charge is 0.352 e. The monoisotopic (exact) mass is 715 g/mol. The fraction of sp³-hybridized carbons (Fsp3) is 0.235. The molecule has 7 nitrogen and oxygen atoms in total. The Morgan fingerprint density at radius 2 is 1.43 bits per heavy atom. The number of anilines is 1. The quantitative estimate of drug-likeness (QED) is 0.174. The summed E-state index contributed by atoms with van der Waals surface area (Å²) in [7, 11) is -4.54. The summed E-state index contributed by atoms with van der Waals surface area (Å²) in [5.41, 5.74) is -0.00676. The van der Waals surface area contributed by atoms with E-state index in [1.54, 1.807) is 56.3 Å². The standard InChI is InChI=1S/C34H33BrF3N3O4S/c1-24(2)39-33(43)31(20-25-10-5-3-6-11-25)40(22-26-16-18-28(35)19-17-26)32(42)23-41(46(44,45)30-14-7-4-8-15-30)29-13-9-12-27(21-29)34(36,37)38/h3-19,21,24,31H,20,22-23H2,1-2H3,(H,39,43). The van der Waals surface area contributed by atoms with E-state index in [0.717, 1.165) is 22.2 Å². The molecular weight excluding hydrogens is 683 g/mol. The molecule has 1 atom stereocenters. The molecule has 242 valence electrons. The van der Waals surface area contributed by atoms with Crippen molar-refractivity contribution < 1.29 is 31.2 Å². The van der Waals surface area contributed by atoms with Gasteiger partial charge in [-0.25, -0.2) is 8.42 Å². The van der Waals surface area contributed by atoms with Gasteiger partial charge in [-0.1, -0.05) is 82.7 Å². The van der Waals surface area contributed by atoms with E-state index in [4.69, 9.17) is 0 Å². The van der Waals surface area contributed by atoms with Crippen LogP contribution in [0.2, 0.25) is 0 Å². The molecule has 2 amide bonds. The topological polar surface area (TPSA) is 86.8 Å². The predicted octanol–water partition coefficient (Wildman–Crippen LogP) is 6.83. The van der Waals surface area contributed by atoms with Crippen LogP contribution < -0.4 is 9.62 Å². The van der Waals surface area contributed by atoms with Gasteiger partial charge >= 0.3 is 6.18 Å². The molecule has 0 aliphatic rings. The molecule has 0 saturated carbocycles. The molecule has 4 rings (SSSR count). The summed E-state index contributed by atoms with van der Waals surface area (Å²) in [5, 5.41) is 2.86. The van der Waals surface area contributed by atoms with E-state index in [9.17, 15) is 31.2 Å². The van der Waals surface area contributed by atoms with E-state index in [2.05, 4.69) is 21.2 Å². The van der Waals surface area contributed by atoms with Crippen molar-refractivity contribution >= 4 is 43.5 Å². The molecule has 0 spiro atoms.